The Morgan fingerprint density at radius 2 is 2.07 bits per heavy atom. The molecule has 28 heavy (non-hydrogen) atoms. The molecule has 0 saturated carbocycles. The maximum Gasteiger partial charge on any atom is 0.264 e. The molecule has 0 bridgehead atoms. The molecule has 144 valence electrons. The number of rotatable bonds is 5. The number of hydrogen-bond acceptors (Lipinski definition) is 7. The van der Waals surface area contributed by atoms with Crippen molar-refractivity contribution < 1.29 is 14.3 Å². The number of anilines is 1. The molecule has 0 fully saturated rings. The summed E-state index contributed by atoms with van der Waals surface area (Å²) in [5.74, 6) is 0.841. The topological polar surface area (TPSA) is 91.2 Å². The Balaban J connectivity index is 1.48. The number of fused-ring (bicyclic) bond motifs is 2. The Labute approximate surface area is 165 Å². The first-order valence-corrected chi connectivity index (χ1v) is 9.44. The van der Waals surface area contributed by atoms with Gasteiger partial charge in [0.1, 0.15) is 5.75 Å². The second-order valence-corrected chi connectivity index (χ2v) is 7.43. The predicted octanol–water partition coefficient (Wildman–Crippen LogP) is 3.22. The summed E-state index contributed by atoms with van der Waals surface area (Å²) < 4.78 is 13.5. The van der Waals surface area contributed by atoms with E-state index < -0.39 is 0 Å². The van der Waals surface area contributed by atoms with E-state index in [4.69, 9.17) is 9.47 Å². The standard InChI is InChI=1S/C19H19N5O3S/c1-10-7-11(2)20-17-16(10)18(23-24(17)3)27-9-15(25)22-19-21-13-6-5-12(26-4)8-14(13)28-19/h5-8H,9H2,1-4H3,(H,21,22,25). The molecule has 0 saturated heterocycles. The van der Waals surface area contributed by atoms with E-state index in [1.54, 1.807) is 18.8 Å². The van der Waals surface area contributed by atoms with Gasteiger partial charge >= 0.3 is 0 Å². The molecule has 0 aliphatic heterocycles. The summed E-state index contributed by atoms with van der Waals surface area (Å²) in [7, 11) is 3.42. The molecule has 4 aromatic rings. The van der Waals surface area contributed by atoms with Gasteiger partial charge in [-0.3, -0.25) is 10.1 Å². The fraction of sp³-hybridized carbons (Fsp3) is 0.263. The van der Waals surface area contributed by atoms with Crippen LogP contribution < -0.4 is 14.8 Å². The lowest BCUT2D eigenvalue weighted by atomic mass is 10.2. The van der Waals surface area contributed by atoms with Crippen molar-refractivity contribution in [3.8, 4) is 11.6 Å². The van der Waals surface area contributed by atoms with Crippen LogP contribution in [0.25, 0.3) is 21.3 Å². The number of benzene rings is 1. The van der Waals surface area contributed by atoms with Crippen LogP contribution in [-0.4, -0.2) is 39.4 Å². The number of carbonyl (C=O) groups is 1. The van der Waals surface area contributed by atoms with E-state index in [1.807, 2.05) is 38.1 Å². The highest BCUT2D eigenvalue weighted by atomic mass is 32.1. The summed E-state index contributed by atoms with van der Waals surface area (Å²) in [6, 6.07) is 7.54. The van der Waals surface area contributed by atoms with Crippen LogP contribution in [0.3, 0.4) is 0 Å². The van der Waals surface area contributed by atoms with E-state index in [0.29, 0.717) is 11.0 Å². The first-order valence-electron chi connectivity index (χ1n) is 8.63. The molecule has 0 aliphatic rings. The summed E-state index contributed by atoms with van der Waals surface area (Å²) in [5.41, 5.74) is 3.44. The van der Waals surface area contributed by atoms with Gasteiger partial charge in [-0.1, -0.05) is 11.3 Å². The summed E-state index contributed by atoms with van der Waals surface area (Å²) in [5, 5.41) is 8.44. The van der Waals surface area contributed by atoms with Crippen LogP contribution in [0.2, 0.25) is 0 Å². The number of aryl methyl sites for hydroxylation is 3. The molecular formula is C19H19N5O3S. The Kier molecular flexibility index (Phi) is 4.60. The van der Waals surface area contributed by atoms with Gasteiger partial charge in [0, 0.05) is 12.7 Å². The molecule has 1 N–H and O–H groups in total. The zero-order valence-electron chi connectivity index (χ0n) is 15.9. The number of hydrogen-bond donors (Lipinski definition) is 1. The highest BCUT2D eigenvalue weighted by Crippen LogP contribution is 2.29. The third-order valence-electron chi connectivity index (χ3n) is 4.27. The minimum Gasteiger partial charge on any atom is -0.497 e. The van der Waals surface area contributed by atoms with Crippen molar-refractivity contribution in [2.45, 2.75) is 13.8 Å². The van der Waals surface area contributed by atoms with Crippen molar-refractivity contribution in [2.75, 3.05) is 19.0 Å². The fourth-order valence-electron chi connectivity index (χ4n) is 3.02. The van der Waals surface area contributed by atoms with E-state index >= 15 is 0 Å². The number of methoxy groups -OCH3 is 1. The number of amides is 1. The largest absolute Gasteiger partial charge is 0.497 e. The summed E-state index contributed by atoms with van der Waals surface area (Å²) in [6.45, 7) is 3.74. The van der Waals surface area contributed by atoms with Crippen molar-refractivity contribution in [3.05, 3.63) is 35.5 Å². The van der Waals surface area contributed by atoms with E-state index in [9.17, 15) is 4.79 Å². The van der Waals surface area contributed by atoms with Gasteiger partial charge in [-0.05, 0) is 43.7 Å². The molecule has 4 rings (SSSR count). The summed E-state index contributed by atoms with van der Waals surface area (Å²) in [4.78, 5) is 21.2. The number of aromatic nitrogens is 4. The molecule has 0 aliphatic carbocycles. The number of thiazole rings is 1. The molecule has 3 aromatic heterocycles. The minimum absolute atomic E-state index is 0.168. The molecule has 3 heterocycles. The van der Waals surface area contributed by atoms with Gasteiger partial charge in [0.2, 0.25) is 5.88 Å². The highest BCUT2D eigenvalue weighted by molar-refractivity contribution is 7.22. The minimum atomic E-state index is -0.303. The van der Waals surface area contributed by atoms with Gasteiger partial charge in [0.15, 0.2) is 17.4 Å². The third-order valence-corrected chi connectivity index (χ3v) is 5.20. The van der Waals surface area contributed by atoms with Crippen LogP contribution in [0, 0.1) is 13.8 Å². The van der Waals surface area contributed by atoms with Gasteiger partial charge in [-0.2, -0.15) is 0 Å². The van der Waals surface area contributed by atoms with Gasteiger partial charge in [-0.25, -0.2) is 14.6 Å². The van der Waals surface area contributed by atoms with Gasteiger partial charge in [0.05, 0.1) is 22.7 Å². The zero-order chi connectivity index (χ0) is 19.8. The third kappa shape index (κ3) is 3.36. The van der Waals surface area contributed by atoms with Gasteiger partial charge in [0.25, 0.3) is 5.91 Å². The van der Waals surface area contributed by atoms with Crippen molar-refractivity contribution in [2.24, 2.45) is 7.05 Å². The first kappa shape index (κ1) is 18.2. The molecule has 9 heteroatoms. The maximum absolute atomic E-state index is 12.3. The average Bonchev–Trinajstić information content (AvgIpc) is 3.19. The van der Waals surface area contributed by atoms with Crippen LogP contribution in [-0.2, 0) is 11.8 Å². The fourth-order valence-corrected chi connectivity index (χ4v) is 3.94. The molecular weight excluding hydrogens is 378 g/mol. The number of carbonyl (C=O) groups excluding carboxylic acids is 1. The van der Waals surface area contributed by atoms with E-state index in [0.717, 1.165) is 38.3 Å². The number of nitrogens with zero attached hydrogens (tertiary/aromatic N) is 4. The van der Waals surface area contributed by atoms with Crippen LogP contribution in [0.1, 0.15) is 11.3 Å². The molecule has 0 unspecified atom stereocenters. The lowest BCUT2D eigenvalue weighted by Gasteiger charge is -2.04. The van der Waals surface area contributed by atoms with Crippen molar-refractivity contribution in [1.82, 2.24) is 19.7 Å². The maximum atomic E-state index is 12.3. The summed E-state index contributed by atoms with van der Waals surface area (Å²) >= 11 is 1.38. The molecule has 0 spiro atoms. The monoisotopic (exact) mass is 397 g/mol. The Morgan fingerprint density at radius 3 is 2.86 bits per heavy atom. The van der Waals surface area contributed by atoms with Crippen LogP contribution in [0.4, 0.5) is 5.13 Å². The number of pyridine rings is 1. The average molecular weight is 397 g/mol. The highest BCUT2D eigenvalue weighted by Gasteiger charge is 2.16. The number of nitrogens with one attached hydrogen (secondary N) is 1. The molecule has 1 amide bonds. The second-order valence-electron chi connectivity index (χ2n) is 6.40. The zero-order valence-corrected chi connectivity index (χ0v) is 16.8. The van der Waals surface area contributed by atoms with Gasteiger partial charge in [-0.15, -0.1) is 5.10 Å². The van der Waals surface area contributed by atoms with Crippen LogP contribution >= 0.6 is 11.3 Å². The number of ether oxygens (including phenoxy) is 2. The smallest absolute Gasteiger partial charge is 0.264 e. The van der Waals surface area contributed by atoms with Crippen molar-refractivity contribution >= 4 is 43.6 Å². The van der Waals surface area contributed by atoms with E-state index in [1.165, 1.54) is 11.3 Å². The van der Waals surface area contributed by atoms with E-state index in [-0.39, 0.29) is 12.5 Å². The predicted molar refractivity (Wildman–Crippen MR) is 108 cm³/mol. The molecule has 8 nitrogen and oxygen atoms in total. The Hall–Kier alpha value is -3.20. The lowest BCUT2D eigenvalue weighted by molar-refractivity contribution is -0.118. The van der Waals surface area contributed by atoms with Crippen molar-refractivity contribution in [3.63, 3.8) is 0 Å². The quantitative estimate of drug-likeness (QED) is 0.556. The van der Waals surface area contributed by atoms with Crippen molar-refractivity contribution in [1.29, 1.82) is 0 Å². The van der Waals surface area contributed by atoms with Gasteiger partial charge < -0.3 is 9.47 Å². The Bertz CT molecular complexity index is 1200. The molecule has 1 aromatic carbocycles. The normalized spacial score (nSPS) is 11.1. The molecule has 0 atom stereocenters. The first-order chi connectivity index (χ1) is 13.4. The SMILES string of the molecule is COc1ccc2nc(NC(=O)COc3nn(C)c4nc(C)cc(C)c34)sc2c1. The van der Waals surface area contributed by atoms with Crippen LogP contribution in [0.5, 0.6) is 11.6 Å². The summed E-state index contributed by atoms with van der Waals surface area (Å²) in [6.07, 6.45) is 0. The lowest BCUT2D eigenvalue weighted by Crippen LogP contribution is -2.20. The van der Waals surface area contributed by atoms with E-state index in [2.05, 4.69) is 20.4 Å². The van der Waals surface area contributed by atoms with Crippen LogP contribution in [0.15, 0.2) is 24.3 Å². The second kappa shape index (κ2) is 7.08. The Morgan fingerprint density at radius 1 is 1.25 bits per heavy atom. The molecule has 0 radical (unpaired) electrons.